The molecule has 2 N–H and O–H groups in total. The first kappa shape index (κ1) is 17.5. The Morgan fingerprint density at radius 3 is 2.52 bits per heavy atom. The van der Waals surface area contributed by atoms with Gasteiger partial charge in [-0.05, 0) is 48.2 Å². The van der Waals surface area contributed by atoms with Crippen LogP contribution in [0, 0.1) is 13.8 Å². The van der Waals surface area contributed by atoms with Crippen molar-refractivity contribution in [1.29, 1.82) is 0 Å². The Balaban J connectivity index is 1.74. The van der Waals surface area contributed by atoms with Gasteiger partial charge in [-0.3, -0.25) is 9.59 Å². The number of hydrogen-bond donors (Lipinski definition) is 2. The molecule has 1 atom stereocenters. The second-order valence-corrected chi connectivity index (χ2v) is 7.80. The number of hydrogen-bond acceptors (Lipinski definition) is 3. The second kappa shape index (κ2) is 7.00. The van der Waals surface area contributed by atoms with Gasteiger partial charge in [0.15, 0.2) is 0 Å². The van der Waals surface area contributed by atoms with Crippen LogP contribution in [0.25, 0.3) is 0 Å². The van der Waals surface area contributed by atoms with Crippen LogP contribution in [0.2, 0.25) is 0 Å². The van der Waals surface area contributed by atoms with Crippen LogP contribution < -0.4 is 10.6 Å². The van der Waals surface area contributed by atoms with Crippen LogP contribution in [0.5, 0.6) is 0 Å². The van der Waals surface area contributed by atoms with Crippen molar-refractivity contribution < 1.29 is 9.59 Å². The van der Waals surface area contributed by atoms with E-state index in [2.05, 4.69) is 29.7 Å². The van der Waals surface area contributed by atoms with Gasteiger partial charge in [0.25, 0.3) is 5.91 Å². The lowest BCUT2D eigenvalue weighted by atomic mass is 9.83. The molecule has 2 amide bonds. The summed E-state index contributed by atoms with van der Waals surface area (Å²) in [5, 5.41) is 6.69. The molecule has 3 aromatic rings. The third kappa shape index (κ3) is 3.26. The monoisotopic (exact) mass is 376 g/mol. The average molecular weight is 376 g/mol. The molecule has 2 heterocycles. The van der Waals surface area contributed by atoms with E-state index in [0.29, 0.717) is 11.3 Å². The Hall–Kier alpha value is -2.92. The summed E-state index contributed by atoms with van der Waals surface area (Å²) in [7, 11) is 0. The fourth-order valence-electron chi connectivity index (χ4n) is 3.67. The van der Waals surface area contributed by atoms with E-state index >= 15 is 0 Å². The van der Waals surface area contributed by atoms with Gasteiger partial charge in [0.1, 0.15) is 0 Å². The summed E-state index contributed by atoms with van der Waals surface area (Å²) in [4.78, 5) is 25.8. The molecule has 0 spiro atoms. The SMILES string of the molecule is Cc1ccccc1[C@H]1CC(=O)Nc2sc(C(=O)Nc3ccccc3)c(C)c21. The van der Waals surface area contributed by atoms with Crippen LogP contribution in [0.4, 0.5) is 10.7 Å². The number of thiophene rings is 1. The predicted molar refractivity (Wildman–Crippen MR) is 110 cm³/mol. The second-order valence-electron chi connectivity index (χ2n) is 6.78. The Kier molecular flexibility index (Phi) is 4.54. The molecule has 0 radical (unpaired) electrons. The van der Waals surface area contributed by atoms with Gasteiger partial charge in [-0.15, -0.1) is 11.3 Å². The fourth-order valence-corrected chi connectivity index (χ4v) is 4.85. The first-order valence-electron chi connectivity index (χ1n) is 8.89. The number of anilines is 2. The molecule has 0 bridgehead atoms. The smallest absolute Gasteiger partial charge is 0.266 e. The predicted octanol–water partition coefficient (Wildman–Crippen LogP) is 5.09. The van der Waals surface area contributed by atoms with Gasteiger partial charge in [0, 0.05) is 18.0 Å². The maximum atomic E-state index is 12.8. The fraction of sp³-hybridized carbons (Fsp3) is 0.182. The van der Waals surface area contributed by atoms with Gasteiger partial charge in [-0.25, -0.2) is 0 Å². The molecular formula is C22H20N2O2S. The highest BCUT2D eigenvalue weighted by atomic mass is 32.1. The molecule has 27 heavy (non-hydrogen) atoms. The minimum atomic E-state index is -0.143. The number of carbonyl (C=O) groups is 2. The van der Waals surface area contributed by atoms with E-state index in [-0.39, 0.29) is 17.7 Å². The van der Waals surface area contributed by atoms with E-state index in [1.54, 1.807) is 0 Å². The van der Waals surface area contributed by atoms with Gasteiger partial charge in [-0.1, -0.05) is 42.5 Å². The zero-order valence-electron chi connectivity index (χ0n) is 15.2. The summed E-state index contributed by atoms with van der Waals surface area (Å²) in [5.41, 5.74) is 5.06. The Bertz CT molecular complexity index is 1020. The quantitative estimate of drug-likeness (QED) is 0.669. The average Bonchev–Trinajstić information content (AvgIpc) is 2.99. The number of aryl methyl sites for hydroxylation is 1. The lowest BCUT2D eigenvalue weighted by Crippen LogP contribution is -2.23. The number of rotatable bonds is 3. The van der Waals surface area contributed by atoms with Gasteiger partial charge in [0.2, 0.25) is 5.91 Å². The molecule has 1 aromatic heterocycles. The highest BCUT2D eigenvalue weighted by Gasteiger charge is 2.33. The number of fused-ring (bicyclic) bond motifs is 1. The molecule has 1 aliphatic heterocycles. The molecule has 0 fully saturated rings. The Morgan fingerprint density at radius 1 is 1.07 bits per heavy atom. The molecule has 2 aromatic carbocycles. The maximum Gasteiger partial charge on any atom is 0.266 e. The molecular weight excluding hydrogens is 356 g/mol. The maximum absolute atomic E-state index is 12.8. The number of benzene rings is 2. The van der Waals surface area contributed by atoms with Crippen molar-refractivity contribution in [2.75, 3.05) is 10.6 Å². The molecule has 136 valence electrons. The lowest BCUT2D eigenvalue weighted by Gasteiger charge is -2.25. The van der Waals surface area contributed by atoms with E-state index in [0.717, 1.165) is 32.9 Å². The van der Waals surface area contributed by atoms with Crippen LogP contribution >= 0.6 is 11.3 Å². The van der Waals surface area contributed by atoms with Crippen molar-refractivity contribution in [3.63, 3.8) is 0 Å². The van der Waals surface area contributed by atoms with E-state index in [9.17, 15) is 9.59 Å². The van der Waals surface area contributed by atoms with Gasteiger partial charge in [0.05, 0.1) is 9.88 Å². The summed E-state index contributed by atoms with van der Waals surface area (Å²) in [5.74, 6) is -0.174. The van der Waals surface area contributed by atoms with Crippen LogP contribution in [-0.2, 0) is 4.79 Å². The number of carbonyl (C=O) groups excluding carboxylic acids is 2. The van der Waals surface area contributed by atoms with Crippen LogP contribution in [0.1, 0.15) is 44.3 Å². The zero-order chi connectivity index (χ0) is 19.0. The van der Waals surface area contributed by atoms with Gasteiger partial charge in [-0.2, -0.15) is 0 Å². The van der Waals surface area contributed by atoms with Crippen LogP contribution in [0.15, 0.2) is 54.6 Å². The first-order valence-corrected chi connectivity index (χ1v) is 9.71. The summed E-state index contributed by atoms with van der Waals surface area (Å²) in [6.07, 6.45) is 0.398. The summed E-state index contributed by atoms with van der Waals surface area (Å²) in [6, 6.07) is 17.5. The van der Waals surface area contributed by atoms with Crippen molar-refractivity contribution in [2.24, 2.45) is 0 Å². The standard InChI is InChI=1S/C22H20N2O2S/c1-13-8-6-7-11-16(13)17-12-18(25)24-22-19(17)14(2)20(27-22)21(26)23-15-9-4-3-5-10-15/h3-11,17H,12H2,1-2H3,(H,23,26)(H,24,25)/t17-/m1/s1. The van der Waals surface area contributed by atoms with Gasteiger partial charge < -0.3 is 10.6 Å². The molecule has 0 saturated carbocycles. The molecule has 4 nitrogen and oxygen atoms in total. The Morgan fingerprint density at radius 2 is 1.78 bits per heavy atom. The topological polar surface area (TPSA) is 58.2 Å². The molecule has 1 aliphatic rings. The number of amides is 2. The van der Waals surface area contributed by atoms with E-state index in [1.807, 2.05) is 49.4 Å². The lowest BCUT2D eigenvalue weighted by molar-refractivity contribution is -0.116. The molecule has 4 rings (SSSR count). The molecule has 0 saturated heterocycles. The summed E-state index contributed by atoms with van der Waals surface area (Å²) in [6.45, 7) is 4.03. The third-order valence-corrected chi connectivity index (χ3v) is 6.21. The highest BCUT2D eigenvalue weighted by molar-refractivity contribution is 7.18. The van der Waals surface area contributed by atoms with Crippen molar-refractivity contribution in [2.45, 2.75) is 26.2 Å². The molecule has 0 unspecified atom stereocenters. The molecule has 5 heteroatoms. The van der Waals surface area contributed by atoms with Crippen molar-refractivity contribution in [1.82, 2.24) is 0 Å². The molecule has 0 aliphatic carbocycles. The van der Waals surface area contributed by atoms with Crippen LogP contribution in [0.3, 0.4) is 0 Å². The third-order valence-electron chi connectivity index (χ3n) is 4.99. The van der Waals surface area contributed by atoms with Crippen LogP contribution in [-0.4, -0.2) is 11.8 Å². The van der Waals surface area contributed by atoms with Crippen molar-refractivity contribution in [3.8, 4) is 0 Å². The largest absolute Gasteiger partial charge is 0.321 e. The number of nitrogens with one attached hydrogen (secondary N) is 2. The zero-order valence-corrected chi connectivity index (χ0v) is 16.0. The van der Waals surface area contributed by atoms with E-state index in [1.165, 1.54) is 11.3 Å². The van der Waals surface area contributed by atoms with Gasteiger partial charge >= 0.3 is 0 Å². The first-order chi connectivity index (χ1) is 13.0. The normalized spacial score (nSPS) is 15.8. The van der Waals surface area contributed by atoms with E-state index < -0.39 is 0 Å². The van der Waals surface area contributed by atoms with Crippen molar-refractivity contribution >= 4 is 33.8 Å². The van der Waals surface area contributed by atoms with Crippen molar-refractivity contribution in [3.05, 3.63) is 81.7 Å². The number of para-hydroxylation sites is 1. The minimum Gasteiger partial charge on any atom is -0.321 e. The Labute approximate surface area is 162 Å². The summed E-state index contributed by atoms with van der Waals surface area (Å²) < 4.78 is 0. The minimum absolute atomic E-state index is 0.00739. The summed E-state index contributed by atoms with van der Waals surface area (Å²) >= 11 is 1.35. The highest BCUT2D eigenvalue weighted by Crippen LogP contribution is 2.45. The van der Waals surface area contributed by atoms with E-state index in [4.69, 9.17) is 0 Å².